The Kier molecular flexibility index (Phi) is 1.63. The predicted octanol–water partition coefficient (Wildman–Crippen LogP) is 0.445. The van der Waals surface area contributed by atoms with Crippen molar-refractivity contribution in [2.75, 3.05) is 6.54 Å². The summed E-state index contributed by atoms with van der Waals surface area (Å²) < 4.78 is 0. The molecule has 0 aliphatic carbocycles. The van der Waals surface area contributed by atoms with E-state index in [1.807, 2.05) is 6.20 Å². The van der Waals surface area contributed by atoms with E-state index in [-0.39, 0.29) is 0 Å². The van der Waals surface area contributed by atoms with Crippen LogP contribution < -0.4 is 5.32 Å². The molecule has 0 amide bonds. The zero-order valence-corrected chi connectivity index (χ0v) is 7.67. The standard InChI is InChI=1S/C9H11N5/c1-2-10-5-8-7(1)13-9(14-8)6-3-11-12-4-6/h3-4,10H,1-2,5H2,(H,11,12)(H,13,14). The van der Waals surface area contributed by atoms with Gasteiger partial charge in [-0.25, -0.2) is 4.98 Å². The molecule has 0 bridgehead atoms. The number of fused-ring (bicyclic) bond motifs is 1. The van der Waals surface area contributed by atoms with Crippen LogP contribution in [0.1, 0.15) is 11.4 Å². The van der Waals surface area contributed by atoms with Gasteiger partial charge in [0.1, 0.15) is 5.82 Å². The van der Waals surface area contributed by atoms with Crippen LogP contribution in [0.5, 0.6) is 0 Å². The fourth-order valence-corrected chi connectivity index (χ4v) is 1.74. The number of hydrogen-bond acceptors (Lipinski definition) is 3. The highest BCUT2D eigenvalue weighted by Gasteiger charge is 2.14. The van der Waals surface area contributed by atoms with Crippen molar-refractivity contribution >= 4 is 0 Å². The van der Waals surface area contributed by atoms with Crippen molar-refractivity contribution in [1.82, 2.24) is 25.5 Å². The van der Waals surface area contributed by atoms with Crippen LogP contribution in [0.3, 0.4) is 0 Å². The lowest BCUT2D eigenvalue weighted by atomic mass is 10.2. The highest BCUT2D eigenvalue weighted by molar-refractivity contribution is 5.53. The molecule has 2 aromatic rings. The van der Waals surface area contributed by atoms with Crippen molar-refractivity contribution in [3.05, 3.63) is 23.8 Å². The molecule has 0 atom stereocenters. The van der Waals surface area contributed by atoms with Gasteiger partial charge in [0, 0.05) is 25.7 Å². The van der Waals surface area contributed by atoms with Crippen molar-refractivity contribution in [2.45, 2.75) is 13.0 Å². The summed E-state index contributed by atoms with van der Waals surface area (Å²) in [4.78, 5) is 7.84. The first kappa shape index (κ1) is 7.75. The molecular weight excluding hydrogens is 178 g/mol. The lowest BCUT2D eigenvalue weighted by molar-refractivity contribution is 0.627. The molecule has 5 heteroatoms. The first-order chi connectivity index (χ1) is 6.93. The summed E-state index contributed by atoms with van der Waals surface area (Å²) in [5.41, 5.74) is 3.40. The van der Waals surface area contributed by atoms with E-state index >= 15 is 0 Å². The topological polar surface area (TPSA) is 69.4 Å². The second kappa shape index (κ2) is 2.95. The third kappa shape index (κ3) is 1.13. The van der Waals surface area contributed by atoms with E-state index in [1.54, 1.807) is 6.20 Å². The van der Waals surface area contributed by atoms with Crippen LogP contribution in [0, 0.1) is 0 Å². The van der Waals surface area contributed by atoms with E-state index < -0.39 is 0 Å². The molecule has 3 heterocycles. The van der Waals surface area contributed by atoms with E-state index in [2.05, 4.69) is 25.5 Å². The second-order valence-corrected chi connectivity index (χ2v) is 3.42. The van der Waals surface area contributed by atoms with E-state index in [0.717, 1.165) is 30.9 Å². The average Bonchev–Trinajstić information content (AvgIpc) is 2.86. The van der Waals surface area contributed by atoms with Crippen molar-refractivity contribution in [1.29, 1.82) is 0 Å². The molecule has 0 saturated carbocycles. The van der Waals surface area contributed by atoms with Crippen LogP contribution >= 0.6 is 0 Å². The smallest absolute Gasteiger partial charge is 0.141 e. The Morgan fingerprint density at radius 2 is 2.36 bits per heavy atom. The van der Waals surface area contributed by atoms with E-state index in [0.29, 0.717) is 0 Å². The number of nitrogens with zero attached hydrogens (tertiary/aromatic N) is 2. The van der Waals surface area contributed by atoms with Crippen molar-refractivity contribution in [3.8, 4) is 11.4 Å². The monoisotopic (exact) mass is 189 g/mol. The molecule has 72 valence electrons. The van der Waals surface area contributed by atoms with Crippen LogP contribution in [0.2, 0.25) is 0 Å². The van der Waals surface area contributed by atoms with E-state index in [9.17, 15) is 0 Å². The van der Waals surface area contributed by atoms with Gasteiger partial charge in [0.2, 0.25) is 0 Å². The number of hydrogen-bond donors (Lipinski definition) is 3. The molecule has 0 unspecified atom stereocenters. The molecule has 0 saturated heterocycles. The van der Waals surface area contributed by atoms with Gasteiger partial charge in [-0.2, -0.15) is 5.10 Å². The van der Waals surface area contributed by atoms with Gasteiger partial charge in [0.25, 0.3) is 0 Å². The van der Waals surface area contributed by atoms with Crippen LogP contribution in [0.15, 0.2) is 12.4 Å². The van der Waals surface area contributed by atoms with Gasteiger partial charge in [-0.1, -0.05) is 0 Å². The van der Waals surface area contributed by atoms with Crippen molar-refractivity contribution in [3.63, 3.8) is 0 Å². The molecule has 0 aromatic carbocycles. The van der Waals surface area contributed by atoms with Gasteiger partial charge in [-0.05, 0) is 0 Å². The molecule has 1 aliphatic heterocycles. The lowest BCUT2D eigenvalue weighted by Crippen LogP contribution is -2.23. The molecule has 0 spiro atoms. The van der Waals surface area contributed by atoms with E-state index in [1.165, 1.54) is 11.4 Å². The fraction of sp³-hybridized carbons (Fsp3) is 0.333. The first-order valence-corrected chi connectivity index (χ1v) is 4.71. The summed E-state index contributed by atoms with van der Waals surface area (Å²) >= 11 is 0. The van der Waals surface area contributed by atoms with E-state index in [4.69, 9.17) is 0 Å². The SMILES string of the molecule is c1n[nH]cc1-c1nc2c([nH]1)CNCC2. The molecule has 5 nitrogen and oxygen atoms in total. The molecule has 0 radical (unpaired) electrons. The van der Waals surface area contributed by atoms with Gasteiger partial charge in [-0.3, -0.25) is 5.10 Å². The van der Waals surface area contributed by atoms with Crippen molar-refractivity contribution < 1.29 is 0 Å². The minimum absolute atomic E-state index is 0.889. The number of nitrogens with one attached hydrogen (secondary N) is 3. The minimum atomic E-state index is 0.889. The quantitative estimate of drug-likeness (QED) is 0.610. The first-order valence-electron chi connectivity index (χ1n) is 4.71. The maximum absolute atomic E-state index is 4.54. The van der Waals surface area contributed by atoms with Gasteiger partial charge in [0.15, 0.2) is 0 Å². The third-order valence-corrected chi connectivity index (χ3v) is 2.48. The molecule has 0 fully saturated rings. The number of H-pyrrole nitrogens is 2. The summed E-state index contributed by atoms with van der Waals surface area (Å²) in [5, 5.41) is 9.99. The lowest BCUT2D eigenvalue weighted by Gasteiger charge is -2.09. The zero-order valence-electron chi connectivity index (χ0n) is 7.67. The van der Waals surface area contributed by atoms with Crippen LogP contribution in [0.25, 0.3) is 11.4 Å². The Bertz CT molecular complexity index is 405. The summed E-state index contributed by atoms with van der Waals surface area (Å²) in [5.74, 6) is 0.910. The summed E-state index contributed by atoms with van der Waals surface area (Å²) in [6.45, 7) is 1.91. The largest absolute Gasteiger partial charge is 0.340 e. The summed E-state index contributed by atoms with van der Waals surface area (Å²) in [6.07, 6.45) is 4.62. The number of aromatic nitrogens is 4. The van der Waals surface area contributed by atoms with Crippen LogP contribution in [0.4, 0.5) is 0 Å². The Hall–Kier alpha value is -1.62. The Morgan fingerprint density at radius 1 is 1.36 bits per heavy atom. The Balaban J connectivity index is 2.04. The molecule has 3 N–H and O–H groups in total. The number of aromatic amines is 2. The number of rotatable bonds is 1. The minimum Gasteiger partial charge on any atom is -0.340 e. The van der Waals surface area contributed by atoms with Gasteiger partial charge in [0.05, 0.1) is 23.1 Å². The Labute approximate surface area is 81.0 Å². The zero-order chi connectivity index (χ0) is 9.38. The highest BCUT2D eigenvalue weighted by Crippen LogP contribution is 2.18. The molecule has 2 aromatic heterocycles. The third-order valence-electron chi connectivity index (χ3n) is 2.48. The van der Waals surface area contributed by atoms with Gasteiger partial charge >= 0.3 is 0 Å². The molecule has 14 heavy (non-hydrogen) atoms. The normalized spacial score (nSPS) is 15.4. The second-order valence-electron chi connectivity index (χ2n) is 3.42. The maximum atomic E-state index is 4.54. The predicted molar refractivity (Wildman–Crippen MR) is 51.6 cm³/mol. The summed E-state index contributed by atoms with van der Waals surface area (Å²) in [6, 6.07) is 0. The Morgan fingerprint density at radius 3 is 3.14 bits per heavy atom. The molecule has 1 aliphatic rings. The number of imidazole rings is 1. The maximum Gasteiger partial charge on any atom is 0.141 e. The van der Waals surface area contributed by atoms with Crippen LogP contribution in [-0.2, 0) is 13.0 Å². The van der Waals surface area contributed by atoms with Gasteiger partial charge < -0.3 is 10.3 Å². The fourth-order valence-electron chi connectivity index (χ4n) is 1.74. The van der Waals surface area contributed by atoms with Crippen molar-refractivity contribution in [2.24, 2.45) is 0 Å². The summed E-state index contributed by atoms with van der Waals surface area (Å²) in [7, 11) is 0. The average molecular weight is 189 g/mol. The molecular formula is C9H11N5. The molecule has 3 rings (SSSR count). The van der Waals surface area contributed by atoms with Gasteiger partial charge in [-0.15, -0.1) is 0 Å². The highest BCUT2D eigenvalue weighted by atomic mass is 15.1. The van der Waals surface area contributed by atoms with Crippen LogP contribution in [-0.4, -0.2) is 26.7 Å².